The molecule has 3 rings (SSSR count). The average molecular weight is 391 g/mol. The summed E-state index contributed by atoms with van der Waals surface area (Å²) in [5, 5.41) is 11.2. The van der Waals surface area contributed by atoms with E-state index in [-0.39, 0.29) is 12.8 Å². The SMILES string of the molecule is N#CCc1ccc(NC(=O)COC(=O)CN2C(=O)Cc3ccccc3C2=O)cc1. The van der Waals surface area contributed by atoms with Gasteiger partial charge in [-0.2, -0.15) is 5.26 Å². The van der Waals surface area contributed by atoms with Gasteiger partial charge in [-0.15, -0.1) is 0 Å². The first-order valence-corrected chi connectivity index (χ1v) is 8.82. The van der Waals surface area contributed by atoms with Crippen LogP contribution in [0.2, 0.25) is 0 Å². The summed E-state index contributed by atoms with van der Waals surface area (Å²) in [5.41, 5.74) is 2.30. The highest BCUT2D eigenvalue weighted by Gasteiger charge is 2.32. The van der Waals surface area contributed by atoms with Gasteiger partial charge in [0.15, 0.2) is 6.61 Å². The van der Waals surface area contributed by atoms with E-state index < -0.39 is 36.8 Å². The van der Waals surface area contributed by atoms with E-state index in [0.29, 0.717) is 16.8 Å². The molecule has 1 N–H and O–H groups in total. The Morgan fingerprint density at radius 2 is 1.83 bits per heavy atom. The first-order valence-electron chi connectivity index (χ1n) is 8.82. The van der Waals surface area contributed by atoms with Crippen molar-refractivity contribution in [1.82, 2.24) is 4.90 Å². The van der Waals surface area contributed by atoms with Crippen molar-refractivity contribution in [2.75, 3.05) is 18.5 Å². The number of ether oxygens (including phenoxy) is 1. The number of nitrogens with one attached hydrogen (secondary N) is 1. The van der Waals surface area contributed by atoms with Gasteiger partial charge in [-0.25, -0.2) is 0 Å². The first kappa shape index (κ1) is 19.8. The largest absolute Gasteiger partial charge is 0.454 e. The molecule has 2 aromatic carbocycles. The van der Waals surface area contributed by atoms with Gasteiger partial charge in [-0.1, -0.05) is 30.3 Å². The molecule has 29 heavy (non-hydrogen) atoms. The molecule has 0 aromatic heterocycles. The maximum absolute atomic E-state index is 12.4. The number of fused-ring (bicyclic) bond motifs is 1. The molecule has 8 nitrogen and oxygen atoms in total. The third kappa shape index (κ3) is 4.84. The molecule has 146 valence electrons. The van der Waals surface area contributed by atoms with Crippen molar-refractivity contribution >= 4 is 29.4 Å². The van der Waals surface area contributed by atoms with Crippen LogP contribution in [0.3, 0.4) is 0 Å². The summed E-state index contributed by atoms with van der Waals surface area (Å²) in [6.07, 6.45) is 0.293. The third-order valence-corrected chi connectivity index (χ3v) is 4.31. The van der Waals surface area contributed by atoms with E-state index in [4.69, 9.17) is 10.00 Å². The van der Waals surface area contributed by atoms with Crippen molar-refractivity contribution in [3.05, 3.63) is 65.2 Å². The Morgan fingerprint density at radius 1 is 1.10 bits per heavy atom. The lowest BCUT2D eigenvalue weighted by atomic mass is 9.98. The number of benzene rings is 2. The van der Waals surface area contributed by atoms with Crippen molar-refractivity contribution < 1.29 is 23.9 Å². The monoisotopic (exact) mass is 391 g/mol. The van der Waals surface area contributed by atoms with E-state index in [9.17, 15) is 19.2 Å². The molecule has 2 aromatic rings. The molecule has 8 heteroatoms. The molecule has 3 amide bonds. The van der Waals surface area contributed by atoms with Crippen molar-refractivity contribution in [2.24, 2.45) is 0 Å². The molecule has 0 spiro atoms. The number of rotatable bonds is 6. The van der Waals surface area contributed by atoms with E-state index in [1.54, 1.807) is 48.5 Å². The second-order valence-electron chi connectivity index (χ2n) is 6.36. The van der Waals surface area contributed by atoms with E-state index in [1.807, 2.05) is 6.07 Å². The van der Waals surface area contributed by atoms with Gasteiger partial charge in [0, 0.05) is 11.3 Å². The highest BCUT2D eigenvalue weighted by Crippen LogP contribution is 2.19. The fourth-order valence-electron chi connectivity index (χ4n) is 2.88. The smallest absolute Gasteiger partial charge is 0.326 e. The number of anilines is 1. The van der Waals surface area contributed by atoms with Crippen molar-refractivity contribution in [2.45, 2.75) is 12.8 Å². The topological polar surface area (TPSA) is 117 Å². The Balaban J connectivity index is 1.51. The molecule has 0 atom stereocenters. The molecule has 1 heterocycles. The summed E-state index contributed by atoms with van der Waals surface area (Å²) in [6, 6.07) is 15.4. The fourth-order valence-corrected chi connectivity index (χ4v) is 2.88. The van der Waals surface area contributed by atoms with Gasteiger partial charge in [0.2, 0.25) is 5.91 Å². The van der Waals surface area contributed by atoms with Crippen molar-refractivity contribution in [3.63, 3.8) is 0 Å². The lowest BCUT2D eigenvalue weighted by molar-refractivity contribution is -0.150. The van der Waals surface area contributed by atoms with Crippen LogP contribution in [0.15, 0.2) is 48.5 Å². The van der Waals surface area contributed by atoms with Gasteiger partial charge >= 0.3 is 5.97 Å². The van der Waals surface area contributed by atoms with Crippen molar-refractivity contribution in [1.29, 1.82) is 5.26 Å². The zero-order valence-electron chi connectivity index (χ0n) is 15.4. The fraction of sp³-hybridized carbons (Fsp3) is 0.190. The molecule has 0 fully saturated rings. The highest BCUT2D eigenvalue weighted by molar-refractivity contribution is 6.11. The van der Waals surface area contributed by atoms with Crippen LogP contribution in [0.25, 0.3) is 0 Å². The quantitative estimate of drug-likeness (QED) is 0.589. The van der Waals surface area contributed by atoms with Gasteiger partial charge in [-0.3, -0.25) is 24.1 Å². The summed E-state index contributed by atoms with van der Waals surface area (Å²) >= 11 is 0. The van der Waals surface area contributed by atoms with Crippen LogP contribution in [0, 0.1) is 11.3 Å². The summed E-state index contributed by atoms with van der Waals surface area (Å²) < 4.78 is 4.89. The predicted molar refractivity (Wildman–Crippen MR) is 102 cm³/mol. The van der Waals surface area contributed by atoms with Gasteiger partial charge in [-0.05, 0) is 29.3 Å². The Morgan fingerprint density at radius 3 is 2.55 bits per heavy atom. The highest BCUT2D eigenvalue weighted by atomic mass is 16.5. The van der Waals surface area contributed by atoms with Gasteiger partial charge < -0.3 is 10.1 Å². The number of esters is 1. The Hall–Kier alpha value is -3.99. The summed E-state index contributed by atoms with van der Waals surface area (Å²) in [4.78, 5) is 49.3. The summed E-state index contributed by atoms with van der Waals surface area (Å²) in [6.45, 7) is -1.10. The minimum Gasteiger partial charge on any atom is -0.454 e. The zero-order valence-corrected chi connectivity index (χ0v) is 15.4. The van der Waals surface area contributed by atoms with Crippen LogP contribution in [0.5, 0.6) is 0 Å². The van der Waals surface area contributed by atoms with E-state index in [1.165, 1.54) is 0 Å². The van der Waals surface area contributed by atoms with Crippen LogP contribution >= 0.6 is 0 Å². The third-order valence-electron chi connectivity index (χ3n) is 4.31. The number of hydrogen-bond acceptors (Lipinski definition) is 6. The van der Waals surface area contributed by atoms with E-state index in [0.717, 1.165) is 10.5 Å². The molecular weight excluding hydrogens is 374 g/mol. The number of hydrogen-bond donors (Lipinski definition) is 1. The standard InChI is InChI=1S/C21H17N3O5/c22-10-9-14-5-7-16(8-6-14)23-18(25)13-29-20(27)12-24-19(26)11-15-3-1-2-4-17(15)21(24)28/h1-8H,9,11-13H2,(H,23,25). The second-order valence-corrected chi connectivity index (χ2v) is 6.36. The molecule has 1 aliphatic heterocycles. The van der Waals surface area contributed by atoms with Crippen LogP contribution in [0.1, 0.15) is 21.5 Å². The normalized spacial score (nSPS) is 12.7. The summed E-state index contributed by atoms with van der Waals surface area (Å²) in [5.74, 6) is -2.47. The Bertz CT molecular complexity index is 1010. The molecule has 0 saturated heterocycles. The second kappa shape index (κ2) is 8.80. The maximum atomic E-state index is 12.4. The van der Waals surface area contributed by atoms with Gasteiger partial charge in [0.05, 0.1) is 18.9 Å². The van der Waals surface area contributed by atoms with E-state index in [2.05, 4.69) is 5.32 Å². The van der Waals surface area contributed by atoms with E-state index >= 15 is 0 Å². The minimum atomic E-state index is -0.856. The zero-order chi connectivity index (χ0) is 20.8. The lowest BCUT2D eigenvalue weighted by Gasteiger charge is -2.25. The molecule has 0 radical (unpaired) electrons. The molecule has 0 aliphatic carbocycles. The Kier molecular flexibility index (Phi) is 6.00. The number of nitriles is 1. The molecule has 0 bridgehead atoms. The maximum Gasteiger partial charge on any atom is 0.326 e. The van der Waals surface area contributed by atoms with Gasteiger partial charge in [0.1, 0.15) is 6.54 Å². The van der Waals surface area contributed by atoms with Crippen molar-refractivity contribution in [3.8, 4) is 6.07 Å². The first-order chi connectivity index (χ1) is 14.0. The number of carbonyl (C=O) groups is 4. The minimum absolute atomic E-state index is 0.0253. The number of imide groups is 1. The Labute approximate surface area is 166 Å². The lowest BCUT2D eigenvalue weighted by Crippen LogP contribution is -2.45. The molecular formula is C21H17N3O5. The predicted octanol–water partition coefficient (Wildman–Crippen LogP) is 1.46. The molecule has 0 unspecified atom stereocenters. The summed E-state index contributed by atoms with van der Waals surface area (Å²) in [7, 11) is 0. The number of carbonyl (C=O) groups excluding carboxylic acids is 4. The number of amides is 3. The average Bonchev–Trinajstić information content (AvgIpc) is 2.71. The van der Waals surface area contributed by atoms with Crippen LogP contribution in [-0.4, -0.2) is 41.7 Å². The number of nitrogens with zero attached hydrogens (tertiary/aromatic N) is 2. The van der Waals surface area contributed by atoms with Crippen LogP contribution in [0.4, 0.5) is 5.69 Å². The van der Waals surface area contributed by atoms with Crippen LogP contribution in [-0.2, 0) is 32.0 Å². The molecule has 1 aliphatic rings. The molecule has 0 saturated carbocycles. The van der Waals surface area contributed by atoms with Gasteiger partial charge in [0.25, 0.3) is 11.8 Å². The van der Waals surface area contributed by atoms with Crippen LogP contribution < -0.4 is 5.32 Å².